The summed E-state index contributed by atoms with van der Waals surface area (Å²) in [4.78, 5) is 29.6. The average molecular weight is 355 g/mol. The first-order chi connectivity index (χ1) is 12.3. The van der Waals surface area contributed by atoms with Gasteiger partial charge < -0.3 is 5.32 Å². The minimum atomic E-state index is -0.702. The largest absolute Gasteiger partial charge is 0.326 e. The van der Waals surface area contributed by atoms with Crippen molar-refractivity contribution < 1.29 is 9.59 Å². The van der Waals surface area contributed by atoms with Gasteiger partial charge in [-0.05, 0) is 48.1 Å². The highest BCUT2D eigenvalue weighted by atomic mass is 16.2. The molecule has 2 heterocycles. The first-order valence-corrected chi connectivity index (χ1v) is 9.71. The molecule has 0 unspecified atom stereocenters. The molecule has 1 N–H and O–H groups in total. The number of urea groups is 1. The lowest BCUT2D eigenvalue weighted by Crippen LogP contribution is -2.54. The van der Waals surface area contributed by atoms with Crippen LogP contribution >= 0.6 is 0 Å². The van der Waals surface area contributed by atoms with Crippen LogP contribution in [0.3, 0.4) is 0 Å². The SMILES string of the molecule is C[C@@H]1CC(C)(C)C[C@]2(C1)NC(=O)N(CN1CCc3ccccc3C1)C2=O. The summed E-state index contributed by atoms with van der Waals surface area (Å²) in [5.41, 5.74) is 2.04. The van der Waals surface area contributed by atoms with E-state index in [2.05, 4.69) is 55.3 Å². The normalized spacial score (nSPS) is 31.2. The van der Waals surface area contributed by atoms with Crippen LogP contribution in [-0.2, 0) is 17.8 Å². The molecule has 0 bridgehead atoms. The van der Waals surface area contributed by atoms with Crippen LogP contribution in [0.25, 0.3) is 0 Å². The van der Waals surface area contributed by atoms with Gasteiger partial charge in [0.1, 0.15) is 5.54 Å². The van der Waals surface area contributed by atoms with E-state index < -0.39 is 5.54 Å². The van der Waals surface area contributed by atoms with Crippen LogP contribution in [0.15, 0.2) is 24.3 Å². The second-order valence-corrected chi connectivity index (χ2v) is 9.31. The van der Waals surface area contributed by atoms with E-state index in [1.54, 1.807) is 0 Å². The number of hydrogen-bond donors (Lipinski definition) is 1. The van der Waals surface area contributed by atoms with Gasteiger partial charge in [0.15, 0.2) is 0 Å². The van der Waals surface area contributed by atoms with Crippen molar-refractivity contribution in [2.24, 2.45) is 11.3 Å². The van der Waals surface area contributed by atoms with Crippen molar-refractivity contribution in [2.75, 3.05) is 13.2 Å². The molecule has 0 aromatic heterocycles. The third kappa shape index (κ3) is 3.02. The van der Waals surface area contributed by atoms with Crippen molar-refractivity contribution in [2.45, 2.75) is 58.5 Å². The van der Waals surface area contributed by atoms with Crippen molar-refractivity contribution in [3.05, 3.63) is 35.4 Å². The van der Waals surface area contributed by atoms with Gasteiger partial charge in [-0.1, -0.05) is 45.0 Å². The second-order valence-electron chi connectivity index (χ2n) is 9.31. The summed E-state index contributed by atoms with van der Waals surface area (Å²) in [6, 6.07) is 8.21. The number of imide groups is 1. The second kappa shape index (κ2) is 6.08. The Morgan fingerprint density at radius 3 is 2.62 bits per heavy atom. The number of rotatable bonds is 2. The molecule has 1 saturated heterocycles. The van der Waals surface area contributed by atoms with E-state index in [4.69, 9.17) is 0 Å². The Balaban J connectivity index is 1.50. The summed E-state index contributed by atoms with van der Waals surface area (Å²) in [7, 11) is 0. The summed E-state index contributed by atoms with van der Waals surface area (Å²) >= 11 is 0. The zero-order valence-electron chi connectivity index (χ0n) is 16.0. The highest BCUT2D eigenvalue weighted by Gasteiger charge is 2.56. The van der Waals surface area contributed by atoms with Crippen LogP contribution in [0.2, 0.25) is 0 Å². The van der Waals surface area contributed by atoms with Crippen LogP contribution < -0.4 is 5.32 Å². The van der Waals surface area contributed by atoms with Crippen molar-refractivity contribution in [1.82, 2.24) is 15.1 Å². The zero-order valence-corrected chi connectivity index (χ0v) is 16.0. The maximum Gasteiger partial charge on any atom is 0.326 e. The van der Waals surface area contributed by atoms with E-state index in [1.165, 1.54) is 16.0 Å². The van der Waals surface area contributed by atoms with Gasteiger partial charge in [0.25, 0.3) is 5.91 Å². The Morgan fingerprint density at radius 1 is 1.15 bits per heavy atom. The predicted octanol–water partition coefficient (Wildman–Crippen LogP) is 3.14. The highest BCUT2D eigenvalue weighted by molar-refractivity contribution is 6.07. The molecule has 5 nitrogen and oxygen atoms in total. The van der Waals surface area contributed by atoms with Crippen molar-refractivity contribution in [1.29, 1.82) is 0 Å². The number of carbonyl (C=O) groups is 2. The van der Waals surface area contributed by atoms with E-state index in [9.17, 15) is 9.59 Å². The van der Waals surface area contributed by atoms with Gasteiger partial charge in [-0.3, -0.25) is 9.69 Å². The fourth-order valence-corrected chi connectivity index (χ4v) is 5.51. The molecule has 0 radical (unpaired) electrons. The highest BCUT2D eigenvalue weighted by Crippen LogP contribution is 2.46. The van der Waals surface area contributed by atoms with E-state index in [0.717, 1.165) is 38.8 Å². The van der Waals surface area contributed by atoms with Crippen LogP contribution in [0.1, 0.15) is 51.2 Å². The third-order valence-corrected chi connectivity index (χ3v) is 6.18. The first-order valence-electron chi connectivity index (χ1n) is 9.71. The fourth-order valence-electron chi connectivity index (χ4n) is 5.51. The van der Waals surface area contributed by atoms with Crippen molar-refractivity contribution in [3.8, 4) is 0 Å². The van der Waals surface area contributed by atoms with Crippen molar-refractivity contribution in [3.63, 3.8) is 0 Å². The quantitative estimate of drug-likeness (QED) is 0.829. The van der Waals surface area contributed by atoms with Crippen LogP contribution in [0.4, 0.5) is 4.79 Å². The number of benzene rings is 1. The minimum absolute atomic E-state index is 0.0269. The molecule has 1 saturated carbocycles. The third-order valence-electron chi connectivity index (χ3n) is 6.18. The number of nitrogens with one attached hydrogen (secondary N) is 1. The molecule has 2 aliphatic heterocycles. The number of amides is 3. The van der Waals surface area contributed by atoms with Crippen LogP contribution in [0.5, 0.6) is 0 Å². The Hall–Kier alpha value is -1.88. The van der Waals surface area contributed by atoms with Gasteiger partial charge >= 0.3 is 6.03 Å². The number of hydrogen-bond acceptors (Lipinski definition) is 3. The molecule has 1 spiro atoms. The predicted molar refractivity (Wildman–Crippen MR) is 100 cm³/mol. The van der Waals surface area contributed by atoms with Crippen molar-refractivity contribution >= 4 is 11.9 Å². The zero-order chi connectivity index (χ0) is 18.5. The Kier molecular flexibility index (Phi) is 4.10. The van der Waals surface area contributed by atoms with E-state index in [1.807, 2.05) is 0 Å². The standard InChI is InChI=1S/C21H29N3O2/c1-15-10-20(2,3)13-21(11-15)18(25)24(19(26)22-21)14-23-9-8-16-6-4-5-7-17(16)12-23/h4-7,15H,8-14H2,1-3H3,(H,22,26)/t15-,21+/m1/s1. The van der Waals surface area contributed by atoms with Gasteiger partial charge in [0.2, 0.25) is 0 Å². The lowest BCUT2D eigenvalue weighted by atomic mass is 9.64. The molecule has 3 amide bonds. The lowest BCUT2D eigenvalue weighted by molar-refractivity contribution is -0.136. The number of carbonyl (C=O) groups excluding carboxylic acids is 2. The fraction of sp³-hybridized carbons (Fsp3) is 0.619. The molecule has 140 valence electrons. The molecule has 26 heavy (non-hydrogen) atoms. The van der Waals surface area contributed by atoms with Gasteiger partial charge in [-0.25, -0.2) is 9.69 Å². The smallest absolute Gasteiger partial charge is 0.323 e. The Morgan fingerprint density at radius 2 is 1.88 bits per heavy atom. The van der Waals surface area contributed by atoms with Gasteiger partial charge in [-0.15, -0.1) is 0 Å². The summed E-state index contributed by atoms with van der Waals surface area (Å²) in [6.45, 7) is 8.65. The molecule has 2 atom stereocenters. The molecule has 3 aliphatic rings. The molecule has 1 aromatic rings. The molecule has 1 aliphatic carbocycles. The summed E-state index contributed by atoms with van der Waals surface area (Å²) < 4.78 is 0. The Labute approximate surface area is 155 Å². The first kappa shape index (κ1) is 17.5. The Bertz CT molecular complexity index is 745. The van der Waals surface area contributed by atoms with Crippen LogP contribution in [0, 0.1) is 11.3 Å². The molecule has 5 heteroatoms. The molecular weight excluding hydrogens is 326 g/mol. The number of nitrogens with zero attached hydrogens (tertiary/aromatic N) is 2. The maximum absolute atomic E-state index is 13.3. The molecular formula is C21H29N3O2. The van der Waals surface area contributed by atoms with Gasteiger partial charge in [0, 0.05) is 13.1 Å². The molecule has 1 aromatic carbocycles. The minimum Gasteiger partial charge on any atom is -0.323 e. The lowest BCUT2D eigenvalue weighted by Gasteiger charge is -2.44. The summed E-state index contributed by atoms with van der Waals surface area (Å²) in [5, 5.41) is 3.07. The van der Waals surface area contributed by atoms with Crippen LogP contribution in [-0.4, -0.2) is 40.5 Å². The van der Waals surface area contributed by atoms with E-state index in [0.29, 0.717) is 12.6 Å². The molecule has 4 rings (SSSR count). The topological polar surface area (TPSA) is 52.7 Å². The summed E-state index contributed by atoms with van der Waals surface area (Å²) in [5.74, 6) is 0.408. The van der Waals surface area contributed by atoms with E-state index >= 15 is 0 Å². The summed E-state index contributed by atoms with van der Waals surface area (Å²) in [6.07, 6.45) is 3.55. The van der Waals surface area contributed by atoms with E-state index in [-0.39, 0.29) is 17.4 Å². The van der Waals surface area contributed by atoms with Gasteiger partial charge in [0.05, 0.1) is 6.67 Å². The average Bonchev–Trinajstić information content (AvgIpc) is 2.76. The monoisotopic (exact) mass is 355 g/mol. The van der Waals surface area contributed by atoms with Gasteiger partial charge in [-0.2, -0.15) is 0 Å². The number of fused-ring (bicyclic) bond motifs is 1. The maximum atomic E-state index is 13.3. The molecule has 2 fully saturated rings.